The van der Waals surface area contributed by atoms with Gasteiger partial charge in [-0.3, -0.25) is 9.78 Å². The first-order valence-corrected chi connectivity index (χ1v) is 12.8. The molecular weight excluding hydrogens is 488 g/mol. The molecule has 7 nitrogen and oxygen atoms in total. The lowest BCUT2D eigenvalue weighted by Gasteiger charge is -2.36. The van der Waals surface area contributed by atoms with E-state index < -0.39 is 0 Å². The van der Waals surface area contributed by atoms with Crippen molar-refractivity contribution in [3.63, 3.8) is 0 Å². The molecule has 2 aliphatic rings. The standard InChI is InChI=1S/C29H27ClN4O3/c1-18(25-15-21(30)7-9-31-25)33-22-5-6-26-20(14-22)13-19-3-2-4-24(29(19)37-26)27-17-34(11-12-36-27)23-8-10-32-28(35)16-23/h2-10,14-16,18,27,33H,11-13,17H2,1H3,(H,32,35). The average Bonchev–Trinajstić information content (AvgIpc) is 2.91. The molecule has 2 aliphatic heterocycles. The van der Waals surface area contributed by atoms with Crippen molar-refractivity contribution in [2.24, 2.45) is 0 Å². The number of anilines is 2. The van der Waals surface area contributed by atoms with Crippen molar-refractivity contribution in [3.05, 3.63) is 111 Å². The lowest BCUT2D eigenvalue weighted by Crippen LogP contribution is -2.39. The van der Waals surface area contributed by atoms with Gasteiger partial charge in [-0.15, -0.1) is 0 Å². The second kappa shape index (κ2) is 9.92. The number of pyridine rings is 2. The zero-order valence-electron chi connectivity index (χ0n) is 20.4. The van der Waals surface area contributed by atoms with Crippen molar-refractivity contribution < 1.29 is 9.47 Å². The Hall–Kier alpha value is -3.81. The molecule has 4 aromatic rings. The van der Waals surface area contributed by atoms with Gasteiger partial charge in [-0.05, 0) is 48.9 Å². The molecule has 1 saturated heterocycles. The highest BCUT2D eigenvalue weighted by atomic mass is 35.5. The number of aromatic nitrogens is 2. The number of para-hydroxylation sites is 1. The summed E-state index contributed by atoms with van der Waals surface area (Å²) in [6.45, 7) is 4.02. The van der Waals surface area contributed by atoms with E-state index in [1.54, 1.807) is 24.5 Å². The molecule has 0 spiro atoms. The van der Waals surface area contributed by atoms with E-state index in [2.05, 4.69) is 51.4 Å². The van der Waals surface area contributed by atoms with E-state index in [-0.39, 0.29) is 17.7 Å². The molecule has 2 atom stereocenters. The number of nitrogens with one attached hydrogen (secondary N) is 2. The van der Waals surface area contributed by atoms with Gasteiger partial charge in [0.15, 0.2) is 0 Å². The smallest absolute Gasteiger partial charge is 0.249 e. The first kappa shape index (κ1) is 23.6. The number of H-pyrrole nitrogens is 1. The summed E-state index contributed by atoms with van der Waals surface area (Å²) in [7, 11) is 0. The van der Waals surface area contributed by atoms with Crippen molar-refractivity contribution in [2.75, 3.05) is 29.9 Å². The van der Waals surface area contributed by atoms with Crippen molar-refractivity contribution in [1.82, 2.24) is 9.97 Å². The second-order valence-electron chi connectivity index (χ2n) is 9.42. The Morgan fingerprint density at radius 3 is 2.92 bits per heavy atom. The zero-order chi connectivity index (χ0) is 25.4. The SMILES string of the molecule is CC(Nc1ccc2c(c1)Cc1cccc(C3CN(c4cc[nH]c(=O)c4)CCO3)c1O2)c1cc(Cl)ccn1. The summed E-state index contributed by atoms with van der Waals surface area (Å²) in [6.07, 6.45) is 4.01. The van der Waals surface area contributed by atoms with E-state index in [0.717, 1.165) is 58.2 Å². The normalized spacial score (nSPS) is 17.4. The minimum Gasteiger partial charge on any atom is -0.456 e. The van der Waals surface area contributed by atoms with Gasteiger partial charge in [0.05, 0.1) is 18.3 Å². The van der Waals surface area contributed by atoms with Crippen molar-refractivity contribution in [2.45, 2.75) is 25.5 Å². The summed E-state index contributed by atoms with van der Waals surface area (Å²) in [5.41, 5.74) is 5.96. The number of ether oxygens (including phenoxy) is 2. The van der Waals surface area contributed by atoms with Crippen LogP contribution in [0.1, 0.15) is 41.5 Å². The highest BCUT2D eigenvalue weighted by molar-refractivity contribution is 6.30. The Labute approximate surface area is 220 Å². The lowest BCUT2D eigenvalue weighted by atomic mass is 9.95. The first-order valence-electron chi connectivity index (χ1n) is 12.4. The first-order chi connectivity index (χ1) is 18.0. The molecule has 0 bridgehead atoms. The average molecular weight is 515 g/mol. The number of aromatic amines is 1. The van der Waals surface area contributed by atoms with E-state index in [1.807, 2.05) is 24.3 Å². The second-order valence-corrected chi connectivity index (χ2v) is 9.85. The third kappa shape index (κ3) is 4.92. The highest BCUT2D eigenvalue weighted by Gasteiger charge is 2.29. The Kier molecular flexibility index (Phi) is 6.32. The van der Waals surface area contributed by atoms with Crippen LogP contribution in [-0.4, -0.2) is 29.7 Å². The van der Waals surface area contributed by atoms with Crippen LogP contribution in [0.15, 0.2) is 77.9 Å². The highest BCUT2D eigenvalue weighted by Crippen LogP contribution is 2.43. The summed E-state index contributed by atoms with van der Waals surface area (Å²) in [4.78, 5) is 21.1. The van der Waals surface area contributed by atoms with Crippen LogP contribution in [0.2, 0.25) is 5.02 Å². The van der Waals surface area contributed by atoms with Gasteiger partial charge in [-0.2, -0.15) is 0 Å². The maximum absolute atomic E-state index is 11.8. The quantitative estimate of drug-likeness (QED) is 0.305. The Balaban J connectivity index is 1.22. The van der Waals surface area contributed by atoms with Gasteiger partial charge in [-0.1, -0.05) is 29.8 Å². The van der Waals surface area contributed by atoms with Crippen molar-refractivity contribution in [3.8, 4) is 11.5 Å². The lowest BCUT2D eigenvalue weighted by molar-refractivity contribution is 0.0384. The van der Waals surface area contributed by atoms with Gasteiger partial charge in [0.25, 0.3) is 0 Å². The zero-order valence-corrected chi connectivity index (χ0v) is 21.2. The molecule has 1 fully saturated rings. The topological polar surface area (TPSA) is 79.5 Å². The minimum absolute atomic E-state index is 0.00624. The number of fused-ring (bicyclic) bond motifs is 2. The third-order valence-corrected chi connectivity index (χ3v) is 7.12. The minimum atomic E-state index is -0.156. The van der Waals surface area contributed by atoms with Crippen LogP contribution < -0.4 is 20.5 Å². The Bertz CT molecular complexity index is 1500. The molecule has 2 N–H and O–H groups in total. The Morgan fingerprint density at radius 1 is 1.14 bits per heavy atom. The van der Waals surface area contributed by atoms with E-state index in [4.69, 9.17) is 21.1 Å². The predicted octanol–water partition coefficient (Wildman–Crippen LogP) is 5.87. The number of rotatable bonds is 5. The van der Waals surface area contributed by atoms with Gasteiger partial charge in [0.2, 0.25) is 5.56 Å². The predicted molar refractivity (Wildman–Crippen MR) is 145 cm³/mol. The molecule has 188 valence electrons. The molecule has 0 amide bonds. The molecule has 2 aromatic heterocycles. The molecule has 0 aliphatic carbocycles. The van der Waals surface area contributed by atoms with E-state index in [0.29, 0.717) is 18.2 Å². The number of nitrogens with zero attached hydrogens (tertiary/aromatic N) is 2. The fraction of sp³-hybridized carbons (Fsp3) is 0.241. The number of morpholine rings is 1. The molecule has 2 unspecified atom stereocenters. The van der Waals surface area contributed by atoms with E-state index in [1.165, 1.54) is 0 Å². The molecule has 6 rings (SSSR count). The summed E-state index contributed by atoms with van der Waals surface area (Å²) in [6, 6.07) is 19.6. The van der Waals surface area contributed by atoms with Crippen molar-refractivity contribution >= 4 is 23.0 Å². The van der Waals surface area contributed by atoms with Crippen LogP contribution in [0.3, 0.4) is 0 Å². The fourth-order valence-electron chi connectivity index (χ4n) is 5.03. The molecule has 0 saturated carbocycles. The largest absolute Gasteiger partial charge is 0.456 e. The van der Waals surface area contributed by atoms with E-state index in [9.17, 15) is 4.79 Å². The van der Waals surface area contributed by atoms with Crippen LogP contribution in [0.4, 0.5) is 11.4 Å². The van der Waals surface area contributed by atoms with Gasteiger partial charge >= 0.3 is 0 Å². The van der Waals surface area contributed by atoms with E-state index >= 15 is 0 Å². The summed E-state index contributed by atoms with van der Waals surface area (Å²) >= 11 is 6.14. The molecule has 37 heavy (non-hydrogen) atoms. The van der Waals surface area contributed by atoms with Crippen LogP contribution in [0, 0.1) is 0 Å². The molecule has 0 radical (unpaired) electrons. The number of benzene rings is 2. The number of hydrogen-bond acceptors (Lipinski definition) is 6. The maximum atomic E-state index is 11.8. The number of halogens is 1. The monoisotopic (exact) mass is 514 g/mol. The van der Waals surface area contributed by atoms with Gasteiger partial charge in [0, 0.05) is 65.5 Å². The van der Waals surface area contributed by atoms with Gasteiger partial charge in [-0.25, -0.2) is 0 Å². The number of hydrogen-bond donors (Lipinski definition) is 2. The molecule has 8 heteroatoms. The van der Waals surface area contributed by atoms with Crippen LogP contribution in [-0.2, 0) is 11.2 Å². The van der Waals surface area contributed by atoms with Gasteiger partial charge < -0.3 is 24.7 Å². The fourth-order valence-corrected chi connectivity index (χ4v) is 5.20. The molecular formula is C29H27ClN4O3. The summed E-state index contributed by atoms with van der Waals surface area (Å²) < 4.78 is 12.7. The molecule has 4 heterocycles. The third-order valence-electron chi connectivity index (χ3n) is 6.89. The summed E-state index contributed by atoms with van der Waals surface area (Å²) in [5.74, 6) is 1.71. The van der Waals surface area contributed by atoms with Gasteiger partial charge in [0.1, 0.15) is 17.6 Å². The van der Waals surface area contributed by atoms with Crippen LogP contribution >= 0.6 is 11.6 Å². The molecule has 2 aromatic carbocycles. The van der Waals surface area contributed by atoms with Crippen LogP contribution in [0.5, 0.6) is 11.5 Å². The maximum Gasteiger partial charge on any atom is 0.249 e. The van der Waals surface area contributed by atoms with Crippen LogP contribution in [0.25, 0.3) is 0 Å². The Morgan fingerprint density at radius 2 is 2.05 bits per heavy atom. The van der Waals surface area contributed by atoms with Crippen molar-refractivity contribution in [1.29, 1.82) is 0 Å². The summed E-state index contributed by atoms with van der Waals surface area (Å²) in [5, 5.41) is 4.19.